The van der Waals surface area contributed by atoms with Crippen LogP contribution < -0.4 is 5.32 Å². The van der Waals surface area contributed by atoms with Crippen molar-refractivity contribution in [3.63, 3.8) is 0 Å². The molecule has 0 bridgehead atoms. The summed E-state index contributed by atoms with van der Waals surface area (Å²) in [5, 5.41) is 9.79. The summed E-state index contributed by atoms with van der Waals surface area (Å²) >= 11 is 3.39. The van der Waals surface area contributed by atoms with Crippen LogP contribution in [0.5, 0.6) is 0 Å². The van der Waals surface area contributed by atoms with Crippen LogP contribution in [0.15, 0.2) is 28.7 Å². The normalized spacial score (nSPS) is 13.6. The zero-order valence-corrected chi connectivity index (χ0v) is 15.2. The zero-order valence-electron chi connectivity index (χ0n) is 13.6. The predicted octanol–water partition coefficient (Wildman–Crippen LogP) is 3.07. The van der Waals surface area contributed by atoms with Crippen molar-refractivity contribution >= 4 is 33.4 Å². The van der Waals surface area contributed by atoms with Gasteiger partial charge in [-0.15, -0.1) is 0 Å². The highest BCUT2D eigenvalue weighted by Crippen LogP contribution is 2.39. The smallest absolute Gasteiger partial charge is 0.274 e. The summed E-state index contributed by atoms with van der Waals surface area (Å²) in [6, 6.07) is 7.40. The molecule has 0 saturated heterocycles. The van der Waals surface area contributed by atoms with Gasteiger partial charge in [0.15, 0.2) is 0 Å². The summed E-state index contributed by atoms with van der Waals surface area (Å²) < 4.78 is 0.954. The molecule has 0 atom stereocenters. The average Bonchev–Trinajstić information content (AvgIpc) is 3.27. The van der Waals surface area contributed by atoms with Gasteiger partial charge in [-0.05, 0) is 49.6 Å². The van der Waals surface area contributed by atoms with Gasteiger partial charge in [0, 0.05) is 28.8 Å². The predicted molar refractivity (Wildman–Crippen MR) is 95.0 cm³/mol. The number of aromatic nitrogens is 2. The second-order valence-electron chi connectivity index (χ2n) is 6.15. The van der Waals surface area contributed by atoms with E-state index in [1.807, 2.05) is 25.1 Å². The lowest BCUT2D eigenvalue weighted by molar-refractivity contribution is -0.116. The summed E-state index contributed by atoms with van der Waals surface area (Å²) in [6.45, 7) is 1.89. The third kappa shape index (κ3) is 3.84. The Hall–Kier alpha value is -2.15. The van der Waals surface area contributed by atoms with Crippen molar-refractivity contribution in [2.24, 2.45) is 0 Å². The monoisotopic (exact) mass is 390 g/mol. The van der Waals surface area contributed by atoms with Crippen LogP contribution in [0.25, 0.3) is 0 Å². The quantitative estimate of drug-likeness (QED) is 0.823. The van der Waals surface area contributed by atoms with Crippen molar-refractivity contribution in [1.82, 2.24) is 15.1 Å². The largest absolute Gasteiger partial charge is 0.331 e. The minimum atomic E-state index is -0.263. The lowest BCUT2D eigenvalue weighted by atomic mass is 10.2. The van der Waals surface area contributed by atoms with Crippen molar-refractivity contribution in [3.8, 4) is 0 Å². The summed E-state index contributed by atoms with van der Waals surface area (Å²) in [7, 11) is 1.60. The second-order valence-corrected chi connectivity index (χ2v) is 7.07. The third-order valence-corrected chi connectivity index (χ3v) is 4.52. The highest BCUT2D eigenvalue weighted by molar-refractivity contribution is 9.10. The molecule has 2 aromatic rings. The fourth-order valence-electron chi connectivity index (χ4n) is 2.49. The maximum absolute atomic E-state index is 12.4. The number of aromatic amines is 1. The van der Waals surface area contributed by atoms with Gasteiger partial charge in [0.2, 0.25) is 5.91 Å². The summed E-state index contributed by atoms with van der Waals surface area (Å²) in [6.07, 6.45) is 2.28. The number of aryl methyl sites for hydroxylation is 1. The van der Waals surface area contributed by atoms with Crippen LogP contribution in [-0.2, 0) is 4.79 Å². The Morgan fingerprint density at radius 3 is 2.79 bits per heavy atom. The number of rotatable bonds is 5. The lowest BCUT2D eigenvalue weighted by Crippen LogP contribution is -2.35. The van der Waals surface area contributed by atoms with E-state index in [9.17, 15) is 9.59 Å². The van der Waals surface area contributed by atoms with E-state index >= 15 is 0 Å². The van der Waals surface area contributed by atoms with Gasteiger partial charge in [-0.2, -0.15) is 5.10 Å². The Balaban J connectivity index is 1.59. The molecule has 1 aliphatic carbocycles. The summed E-state index contributed by atoms with van der Waals surface area (Å²) in [5.74, 6) is 0.00286. The molecule has 2 amide bonds. The lowest BCUT2D eigenvalue weighted by Gasteiger charge is -2.16. The van der Waals surface area contributed by atoms with Crippen LogP contribution in [0.1, 0.15) is 40.5 Å². The fraction of sp³-hybridized carbons (Fsp3) is 0.353. The highest BCUT2D eigenvalue weighted by atomic mass is 79.9. The molecule has 0 unspecified atom stereocenters. The van der Waals surface area contributed by atoms with Crippen LogP contribution in [0.4, 0.5) is 5.69 Å². The molecule has 7 heteroatoms. The molecular formula is C17H19BrN4O2. The van der Waals surface area contributed by atoms with E-state index in [4.69, 9.17) is 0 Å². The van der Waals surface area contributed by atoms with E-state index in [1.54, 1.807) is 13.1 Å². The Morgan fingerprint density at radius 2 is 2.12 bits per heavy atom. The van der Waals surface area contributed by atoms with Gasteiger partial charge >= 0.3 is 0 Å². The number of hydrogen-bond donors (Lipinski definition) is 2. The molecule has 1 saturated carbocycles. The second kappa shape index (κ2) is 6.76. The number of anilines is 1. The molecule has 1 heterocycles. The minimum Gasteiger partial charge on any atom is -0.331 e. The molecular weight excluding hydrogens is 372 g/mol. The topological polar surface area (TPSA) is 78.1 Å². The number of nitrogens with zero attached hydrogens (tertiary/aromatic N) is 2. The highest BCUT2D eigenvalue weighted by Gasteiger charge is 2.27. The number of amides is 2. The molecule has 2 N–H and O–H groups in total. The number of halogens is 1. The number of carbonyl (C=O) groups excluding carboxylic acids is 2. The third-order valence-electron chi connectivity index (χ3n) is 4.02. The molecule has 1 aliphatic rings. The van der Waals surface area contributed by atoms with Crippen molar-refractivity contribution in [2.75, 3.05) is 18.9 Å². The van der Waals surface area contributed by atoms with E-state index in [0.717, 1.165) is 34.3 Å². The van der Waals surface area contributed by atoms with E-state index in [1.165, 1.54) is 4.90 Å². The average molecular weight is 391 g/mol. The van der Waals surface area contributed by atoms with Crippen molar-refractivity contribution in [1.29, 1.82) is 0 Å². The Bertz CT molecular complexity index is 783. The van der Waals surface area contributed by atoms with E-state index < -0.39 is 0 Å². The van der Waals surface area contributed by atoms with Crippen molar-refractivity contribution < 1.29 is 9.59 Å². The Labute approximate surface area is 148 Å². The first-order valence-corrected chi connectivity index (χ1v) is 8.60. The minimum absolute atomic E-state index is 0.0278. The van der Waals surface area contributed by atoms with Gasteiger partial charge < -0.3 is 10.2 Å². The van der Waals surface area contributed by atoms with Gasteiger partial charge in [0.05, 0.1) is 6.54 Å². The van der Waals surface area contributed by atoms with E-state index in [-0.39, 0.29) is 18.4 Å². The van der Waals surface area contributed by atoms with Gasteiger partial charge in [-0.25, -0.2) is 0 Å². The first-order valence-electron chi connectivity index (χ1n) is 7.81. The maximum Gasteiger partial charge on any atom is 0.274 e. The molecule has 1 aromatic carbocycles. The first-order chi connectivity index (χ1) is 11.4. The number of hydrogen-bond acceptors (Lipinski definition) is 3. The molecule has 126 valence electrons. The van der Waals surface area contributed by atoms with Crippen LogP contribution in [0.2, 0.25) is 0 Å². The number of benzene rings is 1. The number of H-pyrrole nitrogens is 1. The van der Waals surface area contributed by atoms with Crippen molar-refractivity contribution in [3.05, 3.63) is 45.7 Å². The van der Waals surface area contributed by atoms with Gasteiger partial charge in [0.25, 0.3) is 5.91 Å². The summed E-state index contributed by atoms with van der Waals surface area (Å²) in [4.78, 5) is 25.9. The molecule has 1 fully saturated rings. The van der Waals surface area contributed by atoms with E-state index in [0.29, 0.717) is 11.6 Å². The fourth-order valence-corrected chi connectivity index (χ4v) is 2.97. The van der Waals surface area contributed by atoms with Gasteiger partial charge in [-0.3, -0.25) is 14.7 Å². The molecule has 3 rings (SSSR count). The molecule has 24 heavy (non-hydrogen) atoms. The van der Waals surface area contributed by atoms with E-state index in [2.05, 4.69) is 31.4 Å². The van der Waals surface area contributed by atoms with Crippen LogP contribution in [-0.4, -0.2) is 40.5 Å². The molecule has 1 aromatic heterocycles. The first kappa shape index (κ1) is 16.7. The SMILES string of the molecule is Cc1cc(Br)ccc1NC(=O)CN(C)C(=O)c1cc(C2CC2)[nH]n1. The number of likely N-dealkylation sites (N-methyl/N-ethyl adjacent to an activating group) is 1. The van der Waals surface area contributed by atoms with Crippen LogP contribution >= 0.6 is 15.9 Å². The standard InChI is InChI=1S/C17H19BrN4O2/c1-10-7-12(18)5-6-13(10)19-16(23)9-22(2)17(24)15-8-14(20-21-15)11-3-4-11/h5-8,11H,3-4,9H2,1-2H3,(H,19,23)(H,20,21). The van der Waals surface area contributed by atoms with Gasteiger partial charge in [-0.1, -0.05) is 15.9 Å². The zero-order chi connectivity index (χ0) is 17.3. The molecule has 0 radical (unpaired) electrons. The van der Waals surface area contributed by atoms with Crippen LogP contribution in [0, 0.1) is 6.92 Å². The van der Waals surface area contributed by atoms with Crippen LogP contribution in [0.3, 0.4) is 0 Å². The maximum atomic E-state index is 12.4. The number of nitrogens with one attached hydrogen (secondary N) is 2. The summed E-state index contributed by atoms with van der Waals surface area (Å²) in [5.41, 5.74) is 3.04. The molecule has 0 aliphatic heterocycles. The number of carbonyl (C=O) groups is 2. The van der Waals surface area contributed by atoms with Crippen molar-refractivity contribution in [2.45, 2.75) is 25.7 Å². The Kier molecular flexibility index (Phi) is 4.71. The van der Waals surface area contributed by atoms with Gasteiger partial charge in [0.1, 0.15) is 5.69 Å². The molecule has 0 spiro atoms. The molecule has 6 nitrogen and oxygen atoms in total. The Morgan fingerprint density at radius 1 is 1.38 bits per heavy atom.